The molecule has 0 bridgehead atoms. The average Bonchev–Trinajstić information content (AvgIpc) is 3.54. The number of thioether (sulfide) groups is 2. The predicted molar refractivity (Wildman–Crippen MR) is 145 cm³/mol. The largest absolute Gasteiger partial charge is 0.484 e. The lowest BCUT2D eigenvalue weighted by atomic mass is 10.0. The van der Waals surface area contributed by atoms with Gasteiger partial charge in [-0.15, -0.1) is 20.4 Å². The third-order valence-electron chi connectivity index (χ3n) is 5.12. The van der Waals surface area contributed by atoms with Crippen LogP contribution in [-0.2, 0) is 19.1 Å². The van der Waals surface area contributed by atoms with Crippen LogP contribution in [0.4, 0.5) is 0 Å². The minimum Gasteiger partial charge on any atom is -0.484 e. The molecule has 200 valence electrons. The number of methoxy groups -OCH3 is 1. The summed E-state index contributed by atoms with van der Waals surface area (Å²) in [5.41, 5.74) is 0.837. The second-order valence-corrected chi connectivity index (χ2v) is 12.7. The van der Waals surface area contributed by atoms with Crippen LogP contribution in [0.25, 0.3) is 0 Å². The zero-order valence-electron chi connectivity index (χ0n) is 20.7. The Morgan fingerprint density at radius 2 is 1.63 bits per heavy atom. The molecule has 0 aliphatic carbocycles. The van der Waals surface area contributed by atoms with Gasteiger partial charge in [0.05, 0.1) is 13.7 Å². The number of hydrogen-bond acceptors (Lipinski definition) is 13. The first-order chi connectivity index (χ1) is 18.3. The number of carbonyl (C=O) groups is 3. The molecule has 1 aromatic carbocycles. The third kappa shape index (κ3) is 7.30. The van der Waals surface area contributed by atoms with Gasteiger partial charge in [-0.3, -0.25) is 9.59 Å². The highest BCUT2D eigenvalue weighted by Gasteiger charge is 2.43. The van der Waals surface area contributed by atoms with E-state index < -0.39 is 23.8 Å². The van der Waals surface area contributed by atoms with E-state index in [9.17, 15) is 14.4 Å². The van der Waals surface area contributed by atoms with Gasteiger partial charge in [0.1, 0.15) is 27.5 Å². The molecule has 2 amide bonds. The van der Waals surface area contributed by atoms with Crippen LogP contribution in [-0.4, -0.2) is 80.9 Å². The molecule has 0 radical (unpaired) electrons. The topological polar surface area (TPSA) is 136 Å². The molecule has 2 aromatic heterocycles. The van der Waals surface area contributed by atoms with Crippen molar-refractivity contribution in [2.45, 2.75) is 28.6 Å². The van der Waals surface area contributed by atoms with Crippen LogP contribution in [0, 0.1) is 13.8 Å². The number of nitrogens with zero attached hydrogens (tertiary/aromatic N) is 5. The summed E-state index contributed by atoms with van der Waals surface area (Å²) in [4.78, 5) is 39.7. The molecule has 3 aromatic rings. The Morgan fingerprint density at radius 3 is 2.13 bits per heavy atom. The monoisotopic (exact) mass is 592 g/mol. The number of nitrogens with one attached hydrogen (secondary N) is 1. The molecule has 0 spiro atoms. The number of hydrogen-bond donors (Lipinski definition) is 1. The highest BCUT2D eigenvalue weighted by Crippen LogP contribution is 2.32. The number of aryl methyl sites for hydroxylation is 2. The number of benzene rings is 1. The van der Waals surface area contributed by atoms with Crippen LogP contribution >= 0.6 is 46.2 Å². The molecule has 1 aliphatic heterocycles. The fraction of sp³-hybridized carbons (Fsp3) is 0.348. The Labute approximate surface area is 235 Å². The van der Waals surface area contributed by atoms with E-state index in [4.69, 9.17) is 9.47 Å². The van der Waals surface area contributed by atoms with Crippen LogP contribution in [0.3, 0.4) is 0 Å². The molecule has 38 heavy (non-hydrogen) atoms. The smallest absolute Gasteiger partial charge is 0.354 e. The van der Waals surface area contributed by atoms with Gasteiger partial charge in [0.2, 0.25) is 0 Å². The van der Waals surface area contributed by atoms with Crippen molar-refractivity contribution < 1.29 is 23.9 Å². The summed E-state index contributed by atoms with van der Waals surface area (Å²) in [6.45, 7) is 3.64. The highest BCUT2D eigenvalue weighted by molar-refractivity contribution is 8.02. The van der Waals surface area contributed by atoms with Gasteiger partial charge in [0.15, 0.2) is 15.3 Å². The number of esters is 1. The van der Waals surface area contributed by atoms with Gasteiger partial charge in [-0.25, -0.2) is 4.79 Å². The molecule has 15 heteroatoms. The number of β-lactam (4-membered cyclic amide) rings is 1. The van der Waals surface area contributed by atoms with Crippen LogP contribution in [0.15, 0.2) is 50.3 Å². The van der Waals surface area contributed by atoms with Gasteiger partial charge in [0, 0.05) is 11.5 Å². The van der Waals surface area contributed by atoms with E-state index in [0.717, 1.165) is 18.7 Å². The summed E-state index contributed by atoms with van der Waals surface area (Å²) in [6, 6.07) is 8.15. The normalized spacial score (nSPS) is 14.6. The predicted octanol–water partition coefficient (Wildman–Crippen LogP) is 2.72. The van der Waals surface area contributed by atoms with E-state index >= 15 is 0 Å². The van der Waals surface area contributed by atoms with E-state index in [-0.39, 0.29) is 18.8 Å². The molecular formula is C23H24N6O5S4. The summed E-state index contributed by atoms with van der Waals surface area (Å²) in [5, 5.41) is 20.7. The van der Waals surface area contributed by atoms with Crippen molar-refractivity contribution in [3.8, 4) is 5.75 Å². The number of para-hydroxylation sites is 1. The van der Waals surface area contributed by atoms with Crippen molar-refractivity contribution >= 4 is 64.0 Å². The lowest BCUT2D eigenvalue weighted by Gasteiger charge is -2.39. The maximum Gasteiger partial charge on any atom is 0.354 e. The van der Waals surface area contributed by atoms with Crippen molar-refractivity contribution in [2.75, 3.05) is 31.8 Å². The summed E-state index contributed by atoms with van der Waals surface area (Å²) in [5.74, 6) is -0.139. The first kappa shape index (κ1) is 28.0. The zero-order chi connectivity index (χ0) is 27.1. The quantitative estimate of drug-likeness (QED) is 0.144. The fourth-order valence-electron chi connectivity index (χ4n) is 3.33. The molecule has 3 heterocycles. The summed E-state index contributed by atoms with van der Waals surface area (Å²) in [7, 11) is 1.27. The molecule has 1 aliphatic rings. The van der Waals surface area contributed by atoms with Gasteiger partial charge >= 0.3 is 5.97 Å². The minimum absolute atomic E-state index is 0.134. The molecule has 1 saturated heterocycles. The zero-order valence-corrected chi connectivity index (χ0v) is 24.0. The van der Waals surface area contributed by atoms with Gasteiger partial charge in [-0.1, -0.05) is 64.4 Å². The fourth-order valence-corrected chi connectivity index (χ4v) is 7.11. The first-order valence-corrected chi connectivity index (χ1v) is 14.9. The van der Waals surface area contributed by atoms with Crippen LogP contribution in [0.1, 0.15) is 10.0 Å². The van der Waals surface area contributed by atoms with E-state index in [1.807, 2.05) is 19.9 Å². The van der Waals surface area contributed by atoms with Crippen molar-refractivity contribution in [3.05, 3.63) is 51.6 Å². The van der Waals surface area contributed by atoms with Crippen LogP contribution in [0.5, 0.6) is 5.75 Å². The van der Waals surface area contributed by atoms with Crippen molar-refractivity contribution in [1.82, 2.24) is 30.6 Å². The molecule has 1 atom stereocenters. The number of amides is 2. The van der Waals surface area contributed by atoms with Gasteiger partial charge in [0.25, 0.3) is 11.8 Å². The molecule has 11 nitrogen and oxygen atoms in total. The lowest BCUT2D eigenvalue weighted by Crippen LogP contribution is -2.64. The molecule has 1 unspecified atom stereocenters. The van der Waals surface area contributed by atoms with Crippen LogP contribution in [0.2, 0.25) is 0 Å². The number of rotatable bonds is 12. The first-order valence-electron chi connectivity index (χ1n) is 11.3. The summed E-state index contributed by atoms with van der Waals surface area (Å²) < 4.78 is 12.0. The van der Waals surface area contributed by atoms with Crippen LogP contribution < -0.4 is 10.1 Å². The summed E-state index contributed by atoms with van der Waals surface area (Å²) >= 11 is 5.74. The average molecular weight is 593 g/mol. The Bertz CT molecular complexity index is 1280. The van der Waals surface area contributed by atoms with E-state index in [1.165, 1.54) is 58.2 Å². The number of ether oxygens (including phenoxy) is 2. The Balaban J connectivity index is 1.47. The molecule has 1 fully saturated rings. The second-order valence-electron chi connectivity index (χ2n) is 7.87. The third-order valence-corrected chi connectivity index (χ3v) is 9.23. The number of likely N-dealkylation sites (tertiary alicyclic amines) is 1. The standard InChI is InChI=1S/C23H24N6O5S4/c1-13-25-27-22(37-13)35-11-15(12-36-23-28-26-14(2)38-23)19(21(32)33-3)29-9-17(20(29)31)24-18(30)10-34-16-7-5-4-6-8-16/h4-8,17H,9-12H2,1-3H3,(H,24,30). The second kappa shape index (κ2) is 13.2. The summed E-state index contributed by atoms with van der Waals surface area (Å²) in [6.07, 6.45) is 0. The number of carbonyl (C=O) groups excluding carboxylic acids is 3. The van der Waals surface area contributed by atoms with E-state index in [2.05, 4.69) is 25.7 Å². The highest BCUT2D eigenvalue weighted by atomic mass is 32.2. The van der Waals surface area contributed by atoms with E-state index in [0.29, 0.717) is 22.8 Å². The Morgan fingerprint density at radius 1 is 1.03 bits per heavy atom. The maximum absolute atomic E-state index is 13.1. The van der Waals surface area contributed by atoms with Gasteiger partial charge in [-0.2, -0.15) is 0 Å². The molecule has 0 saturated carbocycles. The van der Waals surface area contributed by atoms with Gasteiger partial charge < -0.3 is 19.7 Å². The van der Waals surface area contributed by atoms with Crippen molar-refractivity contribution in [2.24, 2.45) is 0 Å². The molecule has 4 rings (SSSR count). The van der Waals surface area contributed by atoms with Crippen molar-refractivity contribution in [1.29, 1.82) is 0 Å². The molecular weight excluding hydrogens is 569 g/mol. The van der Waals surface area contributed by atoms with Gasteiger partial charge in [-0.05, 0) is 31.6 Å². The maximum atomic E-state index is 13.1. The Kier molecular flexibility index (Phi) is 9.71. The minimum atomic E-state index is -0.764. The molecule has 1 N–H and O–H groups in total. The van der Waals surface area contributed by atoms with Crippen molar-refractivity contribution in [3.63, 3.8) is 0 Å². The van der Waals surface area contributed by atoms with E-state index in [1.54, 1.807) is 24.3 Å². The lowest BCUT2D eigenvalue weighted by molar-refractivity contribution is -0.150. The number of aromatic nitrogens is 4. The Hall–Kier alpha value is -3.01. The SMILES string of the molecule is COC(=O)C(=C(CSc1nnc(C)s1)CSc1nnc(C)s1)N1CC(NC(=O)COc2ccccc2)C1=O.